The van der Waals surface area contributed by atoms with Gasteiger partial charge in [-0.25, -0.2) is 26.3 Å². The molecule has 194 valence electrons. The van der Waals surface area contributed by atoms with Gasteiger partial charge in [0.05, 0.1) is 10.7 Å². The number of nitrogens with one attached hydrogen (secondary N) is 2. The highest BCUT2D eigenvalue weighted by Gasteiger charge is 2.31. The van der Waals surface area contributed by atoms with Crippen molar-refractivity contribution in [3.8, 4) is 0 Å². The molecule has 2 N–H and O–H groups in total. The molecule has 3 aromatic rings. The van der Waals surface area contributed by atoms with Crippen molar-refractivity contribution >= 4 is 51.9 Å². The summed E-state index contributed by atoms with van der Waals surface area (Å²) in [6, 6.07) is 9.75. The minimum atomic E-state index is -2.20. The minimum Gasteiger partial charge on any atom is -0.367 e. The van der Waals surface area contributed by atoms with Gasteiger partial charge in [0.15, 0.2) is 28.4 Å². The van der Waals surface area contributed by atoms with Crippen LogP contribution in [0.3, 0.4) is 0 Å². The molecule has 3 aromatic carbocycles. The van der Waals surface area contributed by atoms with Crippen molar-refractivity contribution in [2.75, 3.05) is 41.3 Å². The second kappa shape index (κ2) is 10.9. The fourth-order valence-electron chi connectivity index (χ4n) is 3.82. The Bertz CT molecular complexity index is 1340. The number of halogens is 7. The molecule has 1 amide bonds. The molecular weight excluding hydrogens is 542 g/mol. The summed E-state index contributed by atoms with van der Waals surface area (Å²) in [6.45, 7) is 0.346. The summed E-state index contributed by atoms with van der Waals surface area (Å²) < 4.78 is 81.8. The lowest BCUT2D eigenvalue weighted by molar-refractivity contribution is 0.0977. The zero-order valence-electron chi connectivity index (χ0n) is 18.7. The predicted octanol–water partition coefficient (Wildman–Crippen LogP) is 5.63. The van der Waals surface area contributed by atoms with Gasteiger partial charge >= 0.3 is 0 Å². The maximum absolute atomic E-state index is 14.2. The van der Waals surface area contributed by atoms with E-state index in [0.717, 1.165) is 17.0 Å². The van der Waals surface area contributed by atoms with Crippen LogP contribution in [0.1, 0.15) is 10.4 Å². The van der Waals surface area contributed by atoms with Crippen LogP contribution in [0.2, 0.25) is 5.02 Å². The molecule has 13 heteroatoms. The normalized spacial score (nSPS) is 13.5. The molecule has 0 bridgehead atoms. The van der Waals surface area contributed by atoms with Gasteiger partial charge in [0.25, 0.3) is 5.91 Å². The Hall–Kier alpha value is -3.51. The van der Waals surface area contributed by atoms with Crippen molar-refractivity contribution in [2.24, 2.45) is 0 Å². The number of hydrogen-bond acceptors (Lipinski definition) is 4. The van der Waals surface area contributed by atoms with Gasteiger partial charge in [-0.1, -0.05) is 11.6 Å². The molecule has 0 spiro atoms. The molecule has 1 fully saturated rings. The zero-order chi connectivity index (χ0) is 26.9. The molecule has 0 aliphatic carbocycles. The van der Waals surface area contributed by atoms with Crippen LogP contribution in [0.4, 0.5) is 43.4 Å². The number of carbonyl (C=O) groups excluding carboxylic acids is 1. The van der Waals surface area contributed by atoms with Crippen molar-refractivity contribution in [1.82, 2.24) is 5.32 Å². The van der Waals surface area contributed by atoms with Crippen molar-refractivity contribution in [3.05, 3.63) is 88.0 Å². The maximum atomic E-state index is 14.2. The van der Waals surface area contributed by atoms with Crippen molar-refractivity contribution in [2.45, 2.75) is 0 Å². The van der Waals surface area contributed by atoms with E-state index in [1.165, 1.54) is 12.1 Å². The quantitative estimate of drug-likeness (QED) is 0.188. The van der Waals surface area contributed by atoms with Crippen LogP contribution >= 0.6 is 23.8 Å². The van der Waals surface area contributed by atoms with Crippen LogP contribution in [0.15, 0.2) is 42.5 Å². The Morgan fingerprint density at radius 3 is 1.89 bits per heavy atom. The van der Waals surface area contributed by atoms with Crippen molar-refractivity contribution < 1.29 is 31.1 Å². The lowest BCUT2D eigenvalue weighted by Gasteiger charge is -2.38. The molecule has 0 radical (unpaired) electrons. The van der Waals surface area contributed by atoms with E-state index in [9.17, 15) is 31.1 Å². The summed E-state index contributed by atoms with van der Waals surface area (Å²) in [6.07, 6.45) is 0. The molecule has 5 nitrogen and oxygen atoms in total. The minimum absolute atomic E-state index is 0.0189. The number of benzene rings is 3. The summed E-state index contributed by atoms with van der Waals surface area (Å²) in [7, 11) is 0. The van der Waals surface area contributed by atoms with Crippen molar-refractivity contribution in [3.63, 3.8) is 0 Å². The molecular formula is C24H17ClF6N4OS. The lowest BCUT2D eigenvalue weighted by atomic mass is 10.2. The summed E-state index contributed by atoms with van der Waals surface area (Å²) in [5, 5.41) is 5.55. The highest BCUT2D eigenvalue weighted by molar-refractivity contribution is 7.80. The van der Waals surface area contributed by atoms with E-state index in [0.29, 0.717) is 16.4 Å². The predicted molar refractivity (Wildman–Crippen MR) is 132 cm³/mol. The third-order valence-corrected chi connectivity index (χ3v) is 6.17. The first-order chi connectivity index (χ1) is 17.6. The number of piperazine rings is 1. The van der Waals surface area contributed by atoms with E-state index in [2.05, 4.69) is 10.6 Å². The zero-order valence-corrected chi connectivity index (χ0v) is 20.3. The molecule has 0 atom stereocenters. The Labute approximate surface area is 217 Å². The standard InChI is InChI=1S/C24H17ClF6N4OS/c25-15-11-14(32-24(37)33-23(36)12-1-3-13(26)4-2-12)5-6-16(15)34-7-9-35(10-8-34)22-20(30)18(28)17(27)19(29)21(22)31/h1-6,11H,7-10H2,(H2,32,33,36,37). The van der Waals surface area contributed by atoms with Crippen LogP contribution in [-0.4, -0.2) is 37.2 Å². The van der Waals surface area contributed by atoms with Gasteiger partial charge in [0, 0.05) is 37.4 Å². The van der Waals surface area contributed by atoms with E-state index < -0.39 is 46.5 Å². The summed E-state index contributed by atoms with van der Waals surface area (Å²) in [5.41, 5.74) is 0.283. The third-order valence-electron chi connectivity index (χ3n) is 5.66. The van der Waals surface area contributed by atoms with E-state index in [-0.39, 0.29) is 36.9 Å². The monoisotopic (exact) mass is 558 g/mol. The number of rotatable bonds is 4. The molecule has 1 aliphatic heterocycles. The SMILES string of the molecule is O=C(NC(=S)Nc1ccc(N2CCN(c3c(F)c(F)c(F)c(F)c3F)CC2)c(Cl)c1)c1ccc(F)cc1. The summed E-state index contributed by atoms with van der Waals surface area (Å²) in [5.74, 6) is -10.9. The van der Waals surface area contributed by atoms with Crippen LogP contribution in [0.5, 0.6) is 0 Å². The molecule has 37 heavy (non-hydrogen) atoms. The van der Waals surface area contributed by atoms with Gasteiger partial charge in [-0.05, 0) is 54.7 Å². The van der Waals surface area contributed by atoms with E-state index in [1.54, 1.807) is 23.1 Å². The van der Waals surface area contributed by atoms with Gasteiger partial charge < -0.3 is 15.1 Å². The number of amides is 1. The number of anilines is 3. The highest BCUT2D eigenvalue weighted by atomic mass is 35.5. The number of thiocarbonyl (C=S) groups is 1. The fourth-order valence-corrected chi connectivity index (χ4v) is 4.33. The first kappa shape index (κ1) is 26.6. The molecule has 1 aliphatic rings. The smallest absolute Gasteiger partial charge is 0.257 e. The Morgan fingerprint density at radius 1 is 0.784 bits per heavy atom. The van der Waals surface area contributed by atoms with Crippen molar-refractivity contribution in [1.29, 1.82) is 0 Å². The average molecular weight is 559 g/mol. The third kappa shape index (κ3) is 5.59. The van der Waals surface area contributed by atoms with Gasteiger partial charge in [-0.2, -0.15) is 0 Å². The second-order valence-corrected chi connectivity index (χ2v) is 8.79. The first-order valence-corrected chi connectivity index (χ1v) is 11.5. The van der Waals surface area contributed by atoms with Crippen LogP contribution in [0.25, 0.3) is 0 Å². The summed E-state index contributed by atoms with van der Waals surface area (Å²) >= 11 is 11.5. The highest BCUT2D eigenvalue weighted by Crippen LogP contribution is 2.33. The fraction of sp³-hybridized carbons (Fsp3) is 0.167. The van der Waals surface area contributed by atoms with E-state index >= 15 is 0 Å². The lowest BCUT2D eigenvalue weighted by Crippen LogP contribution is -2.47. The van der Waals surface area contributed by atoms with Crippen LogP contribution in [0, 0.1) is 34.9 Å². The number of nitrogens with zero attached hydrogens (tertiary/aromatic N) is 2. The largest absolute Gasteiger partial charge is 0.367 e. The first-order valence-electron chi connectivity index (χ1n) is 10.8. The molecule has 0 saturated carbocycles. The van der Waals surface area contributed by atoms with Gasteiger partial charge in [-0.3, -0.25) is 10.1 Å². The van der Waals surface area contributed by atoms with Crippen LogP contribution < -0.4 is 20.4 Å². The van der Waals surface area contributed by atoms with E-state index in [1.807, 2.05) is 0 Å². The Morgan fingerprint density at radius 2 is 1.32 bits per heavy atom. The maximum Gasteiger partial charge on any atom is 0.257 e. The van der Waals surface area contributed by atoms with E-state index in [4.69, 9.17) is 23.8 Å². The second-order valence-electron chi connectivity index (χ2n) is 7.97. The Kier molecular flexibility index (Phi) is 7.79. The van der Waals surface area contributed by atoms with Gasteiger partial charge in [-0.15, -0.1) is 0 Å². The number of carbonyl (C=O) groups is 1. The van der Waals surface area contributed by atoms with Gasteiger partial charge in [0.1, 0.15) is 11.5 Å². The molecule has 1 heterocycles. The molecule has 4 rings (SSSR count). The molecule has 0 aromatic heterocycles. The summed E-state index contributed by atoms with van der Waals surface area (Å²) in [4.78, 5) is 15.1. The van der Waals surface area contributed by atoms with Gasteiger partial charge in [0.2, 0.25) is 5.82 Å². The molecule has 0 unspecified atom stereocenters. The molecule has 1 saturated heterocycles. The van der Waals surface area contributed by atoms with Crippen LogP contribution in [-0.2, 0) is 0 Å². The Balaban J connectivity index is 1.39. The average Bonchev–Trinajstić information content (AvgIpc) is 2.87. The topological polar surface area (TPSA) is 47.6 Å². The number of hydrogen-bond donors (Lipinski definition) is 2.